The first-order chi connectivity index (χ1) is 7.35. The monoisotopic (exact) mass is 211 g/mol. The van der Waals surface area contributed by atoms with E-state index in [4.69, 9.17) is 4.74 Å². The van der Waals surface area contributed by atoms with E-state index < -0.39 is 0 Å². The van der Waals surface area contributed by atoms with Crippen molar-refractivity contribution >= 4 is 0 Å². The van der Waals surface area contributed by atoms with Crippen LogP contribution in [0.15, 0.2) is 0 Å². The molecule has 88 valence electrons. The van der Waals surface area contributed by atoms with E-state index in [-0.39, 0.29) is 0 Å². The first kappa shape index (κ1) is 11.4. The van der Waals surface area contributed by atoms with Gasteiger partial charge in [-0.05, 0) is 38.9 Å². The SMILES string of the molecule is CCCCCCN1CCC2(CC1)COC2. The summed E-state index contributed by atoms with van der Waals surface area (Å²) in [5.74, 6) is 0. The van der Waals surface area contributed by atoms with Gasteiger partial charge >= 0.3 is 0 Å². The lowest BCUT2D eigenvalue weighted by Crippen LogP contribution is -2.50. The van der Waals surface area contributed by atoms with E-state index in [1.807, 2.05) is 0 Å². The zero-order valence-corrected chi connectivity index (χ0v) is 10.1. The van der Waals surface area contributed by atoms with Gasteiger partial charge in [0.2, 0.25) is 0 Å². The van der Waals surface area contributed by atoms with Crippen LogP contribution in [0.3, 0.4) is 0 Å². The Morgan fingerprint density at radius 2 is 1.80 bits per heavy atom. The Kier molecular flexibility index (Phi) is 4.04. The van der Waals surface area contributed by atoms with Crippen molar-refractivity contribution < 1.29 is 4.74 Å². The van der Waals surface area contributed by atoms with Crippen LogP contribution in [0.2, 0.25) is 0 Å². The molecule has 2 aliphatic heterocycles. The van der Waals surface area contributed by atoms with Crippen molar-refractivity contribution in [3.63, 3.8) is 0 Å². The first-order valence-corrected chi connectivity index (χ1v) is 6.65. The number of rotatable bonds is 5. The van der Waals surface area contributed by atoms with Gasteiger partial charge in [0, 0.05) is 5.41 Å². The molecule has 2 nitrogen and oxygen atoms in total. The molecular weight excluding hydrogens is 186 g/mol. The Labute approximate surface area is 94.0 Å². The van der Waals surface area contributed by atoms with Crippen LogP contribution >= 0.6 is 0 Å². The Balaban J connectivity index is 1.57. The van der Waals surface area contributed by atoms with E-state index in [0.717, 1.165) is 13.2 Å². The largest absolute Gasteiger partial charge is 0.380 e. The van der Waals surface area contributed by atoms with E-state index >= 15 is 0 Å². The Bertz CT molecular complexity index is 179. The fourth-order valence-corrected chi connectivity index (χ4v) is 2.69. The maximum absolute atomic E-state index is 5.35. The molecule has 2 aliphatic rings. The van der Waals surface area contributed by atoms with Crippen LogP contribution in [-0.4, -0.2) is 37.7 Å². The summed E-state index contributed by atoms with van der Waals surface area (Å²) in [6.07, 6.45) is 8.33. The highest BCUT2D eigenvalue weighted by molar-refractivity contribution is 4.90. The number of likely N-dealkylation sites (tertiary alicyclic amines) is 1. The molecule has 0 N–H and O–H groups in total. The number of nitrogens with zero attached hydrogens (tertiary/aromatic N) is 1. The highest BCUT2D eigenvalue weighted by atomic mass is 16.5. The molecule has 0 aromatic carbocycles. The molecule has 2 saturated heterocycles. The second-order valence-electron chi connectivity index (χ2n) is 5.40. The van der Waals surface area contributed by atoms with Crippen LogP contribution < -0.4 is 0 Å². The van der Waals surface area contributed by atoms with Crippen molar-refractivity contribution in [2.75, 3.05) is 32.8 Å². The van der Waals surface area contributed by atoms with Crippen molar-refractivity contribution in [3.8, 4) is 0 Å². The maximum Gasteiger partial charge on any atom is 0.0545 e. The van der Waals surface area contributed by atoms with Crippen LogP contribution in [0.1, 0.15) is 45.4 Å². The van der Waals surface area contributed by atoms with E-state index in [1.165, 1.54) is 58.2 Å². The smallest absolute Gasteiger partial charge is 0.0545 e. The van der Waals surface area contributed by atoms with Gasteiger partial charge < -0.3 is 9.64 Å². The fraction of sp³-hybridized carbons (Fsp3) is 1.00. The summed E-state index contributed by atoms with van der Waals surface area (Å²) in [4.78, 5) is 2.65. The third kappa shape index (κ3) is 2.94. The molecule has 15 heavy (non-hydrogen) atoms. The quantitative estimate of drug-likeness (QED) is 0.648. The van der Waals surface area contributed by atoms with Crippen molar-refractivity contribution in [2.24, 2.45) is 5.41 Å². The van der Waals surface area contributed by atoms with Gasteiger partial charge in [0.05, 0.1) is 13.2 Å². The van der Waals surface area contributed by atoms with Crippen molar-refractivity contribution in [3.05, 3.63) is 0 Å². The molecule has 0 aromatic rings. The number of unbranched alkanes of at least 4 members (excludes halogenated alkanes) is 3. The second kappa shape index (κ2) is 5.31. The fourth-order valence-electron chi connectivity index (χ4n) is 2.69. The average Bonchev–Trinajstić information content (AvgIpc) is 2.23. The summed E-state index contributed by atoms with van der Waals surface area (Å²) in [7, 11) is 0. The number of piperidine rings is 1. The van der Waals surface area contributed by atoms with Gasteiger partial charge in [-0.25, -0.2) is 0 Å². The summed E-state index contributed by atoms with van der Waals surface area (Å²) in [5.41, 5.74) is 0.611. The molecule has 1 spiro atoms. The molecule has 0 atom stereocenters. The summed E-state index contributed by atoms with van der Waals surface area (Å²) in [6, 6.07) is 0. The van der Waals surface area contributed by atoms with Crippen LogP contribution in [0.4, 0.5) is 0 Å². The molecule has 0 radical (unpaired) electrons. The van der Waals surface area contributed by atoms with Gasteiger partial charge in [0.15, 0.2) is 0 Å². The average molecular weight is 211 g/mol. The molecule has 0 aliphatic carbocycles. The lowest BCUT2D eigenvalue weighted by molar-refractivity contribution is -0.139. The Morgan fingerprint density at radius 1 is 1.07 bits per heavy atom. The normalized spacial score (nSPS) is 25.4. The Morgan fingerprint density at radius 3 is 2.33 bits per heavy atom. The first-order valence-electron chi connectivity index (χ1n) is 6.65. The molecule has 0 bridgehead atoms. The van der Waals surface area contributed by atoms with Crippen LogP contribution in [0, 0.1) is 5.41 Å². The van der Waals surface area contributed by atoms with Gasteiger partial charge in [0.25, 0.3) is 0 Å². The second-order valence-corrected chi connectivity index (χ2v) is 5.40. The highest BCUT2D eigenvalue weighted by Gasteiger charge is 2.40. The van der Waals surface area contributed by atoms with Crippen LogP contribution in [-0.2, 0) is 4.74 Å². The Hall–Kier alpha value is -0.0800. The van der Waals surface area contributed by atoms with Gasteiger partial charge in [0.1, 0.15) is 0 Å². The molecule has 2 fully saturated rings. The minimum Gasteiger partial charge on any atom is -0.380 e. The molecule has 2 rings (SSSR count). The van der Waals surface area contributed by atoms with E-state index in [1.54, 1.807) is 0 Å². The molecule has 0 aromatic heterocycles. The van der Waals surface area contributed by atoms with Gasteiger partial charge in [-0.3, -0.25) is 0 Å². The predicted molar refractivity (Wildman–Crippen MR) is 63.1 cm³/mol. The number of hydrogen-bond acceptors (Lipinski definition) is 2. The van der Waals surface area contributed by atoms with Crippen LogP contribution in [0.25, 0.3) is 0 Å². The lowest BCUT2D eigenvalue weighted by atomic mass is 9.77. The van der Waals surface area contributed by atoms with Gasteiger partial charge in [-0.2, -0.15) is 0 Å². The number of hydrogen-bond donors (Lipinski definition) is 0. The molecular formula is C13H25NO. The van der Waals surface area contributed by atoms with Gasteiger partial charge in [-0.15, -0.1) is 0 Å². The van der Waals surface area contributed by atoms with E-state index in [2.05, 4.69) is 11.8 Å². The van der Waals surface area contributed by atoms with E-state index in [9.17, 15) is 0 Å². The molecule has 0 amide bonds. The van der Waals surface area contributed by atoms with Crippen LogP contribution in [0.5, 0.6) is 0 Å². The minimum absolute atomic E-state index is 0.611. The topological polar surface area (TPSA) is 12.5 Å². The standard InChI is InChI=1S/C13H25NO/c1-2-3-4-5-8-14-9-6-13(7-10-14)11-15-12-13/h2-12H2,1H3. The zero-order valence-electron chi connectivity index (χ0n) is 10.1. The van der Waals surface area contributed by atoms with Crippen molar-refractivity contribution in [1.82, 2.24) is 4.90 Å². The summed E-state index contributed by atoms with van der Waals surface area (Å²) in [5, 5.41) is 0. The number of ether oxygens (including phenoxy) is 1. The third-order valence-corrected chi connectivity index (χ3v) is 4.06. The summed E-state index contributed by atoms with van der Waals surface area (Å²) >= 11 is 0. The van der Waals surface area contributed by atoms with E-state index in [0.29, 0.717) is 5.41 Å². The maximum atomic E-state index is 5.35. The predicted octanol–water partition coefficient (Wildman–Crippen LogP) is 2.68. The zero-order chi connectivity index (χ0) is 10.6. The van der Waals surface area contributed by atoms with Crippen molar-refractivity contribution in [1.29, 1.82) is 0 Å². The molecule has 2 heterocycles. The summed E-state index contributed by atoms with van der Waals surface area (Å²) in [6.45, 7) is 8.32. The van der Waals surface area contributed by atoms with Crippen molar-refractivity contribution in [2.45, 2.75) is 45.4 Å². The lowest BCUT2D eigenvalue weighted by Gasteiger charge is -2.47. The molecule has 0 saturated carbocycles. The van der Waals surface area contributed by atoms with Gasteiger partial charge in [-0.1, -0.05) is 26.2 Å². The highest BCUT2D eigenvalue weighted by Crippen LogP contribution is 2.38. The third-order valence-electron chi connectivity index (χ3n) is 4.06. The minimum atomic E-state index is 0.611. The molecule has 0 unspecified atom stereocenters. The molecule has 2 heteroatoms. The summed E-state index contributed by atoms with van der Waals surface area (Å²) < 4.78 is 5.35.